The van der Waals surface area contributed by atoms with Gasteiger partial charge in [-0.15, -0.1) is 0 Å². The standard InChI is InChI=1S/C6H12N2O2/c1-3-10-6(9)4-5(7)8-2/h4,8H,3,7H2,1-2H3. The largest absolute Gasteiger partial charge is 0.463 e. The maximum absolute atomic E-state index is 10.6. The predicted octanol–water partition coefficient (Wildman–Crippen LogP) is -0.431. The highest BCUT2D eigenvalue weighted by Crippen LogP contribution is 1.81. The number of rotatable bonds is 3. The van der Waals surface area contributed by atoms with Crippen LogP contribution in [0.2, 0.25) is 0 Å². The Morgan fingerprint density at radius 3 is 2.80 bits per heavy atom. The maximum Gasteiger partial charge on any atom is 0.334 e. The number of carbonyl (C=O) groups excluding carboxylic acids is 1. The van der Waals surface area contributed by atoms with E-state index in [0.717, 1.165) is 0 Å². The van der Waals surface area contributed by atoms with Gasteiger partial charge >= 0.3 is 5.97 Å². The molecule has 0 aliphatic heterocycles. The highest BCUT2D eigenvalue weighted by atomic mass is 16.5. The van der Waals surface area contributed by atoms with Gasteiger partial charge in [-0.1, -0.05) is 0 Å². The molecule has 3 N–H and O–H groups in total. The lowest BCUT2D eigenvalue weighted by molar-refractivity contribution is -0.137. The van der Waals surface area contributed by atoms with Gasteiger partial charge in [0, 0.05) is 7.05 Å². The van der Waals surface area contributed by atoms with E-state index in [9.17, 15) is 4.79 Å². The van der Waals surface area contributed by atoms with Gasteiger partial charge in [0.15, 0.2) is 0 Å². The van der Waals surface area contributed by atoms with E-state index in [0.29, 0.717) is 12.4 Å². The van der Waals surface area contributed by atoms with Crippen molar-refractivity contribution in [1.29, 1.82) is 0 Å². The van der Waals surface area contributed by atoms with Gasteiger partial charge in [-0.3, -0.25) is 0 Å². The van der Waals surface area contributed by atoms with Crippen molar-refractivity contribution in [1.82, 2.24) is 5.32 Å². The number of ether oxygens (including phenoxy) is 1. The molecule has 0 saturated carbocycles. The SMILES string of the molecule is CCOC(=O)C=C(N)NC. The number of nitrogens with one attached hydrogen (secondary N) is 1. The van der Waals surface area contributed by atoms with Gasteiger partial charge < -0.3 is 15.8 Å². The smallest absolute Gasteiger partial charge is 0.334 e. The summed E-state index contributed by atoms with van der Waals surface area (Å²) in [7, 11) is 1.63. The molecule has 0 atom stereocenters. The molecule has 4 heteroatoms. The molecule has 0 saturated heterocycles. The van der Waals surface area contributed by atoms with Crippen LogP contribution in [0, 0.1) is 0 Å². The third-order valence-electron chi connectivity index (χ3n) is 0.849. The molecule has 0 bridgehead atoms. The van der Waals surface area contributed by atoms with E-state index in [1.165, 1.54) is 6.08 Å². The third-order valence-corrected chi connectivity index (χ3v) is 0.849. The van der Waals surface area contributed by atoms with Crippen LogP contribution >= 0.6 is 0 Å². The van der Waals surface area contributed by atoms with Gasteiger partial charge in [-0.25, -0.2) is 4.79 Å². The predicted molar refractivity (Wildman–Crippen MR) is 38.0 cm³/mol. The molecule has 0 rings (SSSR count). The second-order valence-corrected chi connectivity index (χ2v) is 1.60. The van der Waals surface area contributed by atoms with Gasteiger partial charge in [-0.2, -0.15) is 0 Å². The number of hydrogen-bond acceptors (Lipinski definition) is 4. The molecular weight excluding hydrogens is 132 g/mol. The van der Waals surface area contributed by atoms with Crippen molar-refractivity contribution in [2.24, 2.45) is 5.73 Å². The first-order valence-corrected chi connectivity index (χ1v) is 3.02. The van der Waals surface area contributed by atoms with E-state index in [4.69, 9.17) is 5.73 Å². The molecule has 0 aromatic carbocycles. The topological polar surface area (TPSA) is 64.3 Å². The maximum atomic E-state index is 10.6. The second kappa shape index (κ2) is 4.67. The molecule has 0 aromatic rings. The zero-order chi connectivity index (χ0) is 7.98. The fourth-order valence-electron chi connectivity index (χ4n) is 0.383. The minimum absolute atomic E-state index is 0.304. The van der Waals surface area contributed by atoms with Crippen LogP contribution in [0.1, 0.15) is 6.92 Å². The molecule has 10 heavy (non-hydrogen) atoms. The van der Waals surface area contributed by atoms with Crippen LogP contribution in [0.4, 0.5) is 0 Å². The fourth-order valence-corrected chi connectivity index (χ4v) is 0.383. The first kappa shape index (κ1) is 8.81. The Labute approximate surface area is 60.0 Å². The lowest BCUT2D eigenvalue weighted by atomic mass is 10.5. The van der Waals surface area contributed by atoms with E-state index in [1.54, 1.807) is 14.0 Å². The number of hydrogen-bond donors (Lipinski definition) is 2. The van der Waals surface area contributed by atoms with Crippen LogP contribution < -0.4 is 11.1 Å². The molecule has 0 amide bonds. The van der Waals surface area contributed by atoms with E-state index < -0.39 is 5.97 Å². The van der Waals surface area contributed by atoms with Crippen LogP contribution in [0.5, 0.6) is 0 Å². The minimum atomic E-state index is -0.422. The molecule has 0 radical (unpaired) electrons. The highest BCUT2D eigenvalue weighted by Gasteiger charge is 1.95. The van der Waals surface area contributed by atoms with Crippen LogP contribution in [-0.2, 0) is 9.53 Å². The Morgan fingerprint density at radius 1 is 1.80 bits per heavy atom. The van der Waals surface area contributed by atoms with Crippen molar-refractivity contribution >= 4 is 5.97 Å². The van der Waals surface area contributed by atoms with Crippen molar-refractivity contribution in [3.05, 3.63) is 11.9 Å². The molecule has 58 valence electrons. The minimum Gasteiger partial charge on any atom is -0.463 e. The normalized spacial score (nSPS) is 10.8. The van der Waals surface area contributed by atoms with Crippen molar-refractivity contribution < 1.29 is 9.53 Å². The van der Waals surface area contributed by atoms with E-state index >= 15 is 0 Å². The molecule has 0 aliphatic carbocycles. The molecule has 0 unspecified atom stereocenters. The van der Waals surface area contributed by atoms with Crippen LogP contribution in [0.15, 0.2) is 11.9 Å². The fraction of sp³-hybridized carbons (Fsp3) is 0.500. The average molecular weight is 144 g/mol. The Balaban J connectivity index is 3.75. The zero-order valence-corrected chi connectivity index (χ0v) is 6.18. The van der Waals surface area contributed by atoms with Crippen LogP contribution in [-0.4, -0.2) is 19.6 Å². The molecule has 0 aromatic heterocycles. The van der Waals surface area contributed by atoms with Gasteiger partial charge in [0.25, 0.3) is 0 Å². The highest BCUT2D eigenvalue weighted by molar-refractivity contribution is 5.82. The molecular formula is C6H12N2O2. The van der Waals surface area contributed by atoms with E-state index in [-0.39, 0.29) is 0 Å². The zero-order valence-electron chi connectivity index (χ0n) is 6.18. The summed E-state index contributed by atoms with van der Waals surface area (Å²) in [5.74, 6) is -0.118. The molecule has 0 aliphatic rings. The summed E-state index contributed by atoms with van der Waals surface area (Å²) in [6.45, 7) is 2.10. The summed E-state index contributed by atoms with van der Waals surface area (Å²) in [5.41, 5.74) is 5.25. The van der Waals surface area contributed by atoms with Gasteiger partial charge in [0.05, 0.1) is 12.7 Å². The lowest BCUT2D eigenvalue weighted by Crippen LogP contribution is -2.17. The van der Waals surface area contributed by atoms with Gasteiger partial charge in [0.1, 0.15) is 5.82 Å². The van der Waals surface area contributed by atoms with Crippen molar-refractivity contribution in [3.63, 3.8) is 0 Å². The first-order valence-electron chi connectivity index (χ1n) is 3.02. The van der Waals surface area contributed by atoms with Crippen LogP contribution in [0.25, 0.3) is 0 Å². The van der Waals surface area contributed by atoms with Crippen molar-refractivity contribution in [3.8, 4) is 0 Å². The van der Waals surface area contributed by atoms with E-state index in [2.05, 4.69) is 10.1 Å². The van der Waals surface area contributed by atoms with E-state index in [1.807, 2.05) is 0 Å². The Kier molecular flexibility index (Phi) is 4.11. The summed E-state index contributed by atoms with van der Waals surface area (Å²) in [6.07, 6.45) is 1.20. The summed E-state index contributed by atoms with van der Waals surface area (Å²) in [6, 6.07) is 0. The number of carbonyl (C=O) groups is 1. The second-order valence-electron chi connectivity index (χ2n) is 1.60. The summed E-state index contributed by atoms with van der Waals surface area (Å²) >= 11 is 0. The van der Waals surface area contributed by atoms with Crippen LogP contribution in [0.3, 0.4) is 0 Å². The summed E-state index contributed by atoms with van der Waals surface area (Å²) in [5, 5.41) is 2.59. The summed E-state index contributed by atoms with van der Waals surface area (Å²) in [4.78, 5) is 10.6. The average Bonchev–Trinajstić information content (AvgIpc) is 1.88. The lowest BCUT2D eigenvalue weighted by Gasteiger charge is -1.98. The first-order chi connectivity index (χ1) is 4.70. The third kappa shape index (κ3) is 3.77. The molecule has 0 heterocycles. The number of nitrogens with two attached hydrogens (primary N) is 1. The van der Waals surface area contributed by atoms with Crippen molar-refractivity contribution in [2.75, 3.05) is 13.7 Å². The Bertz CT molecular complexity index is 143. The Hall–Kier alpha value is -1.19. The monoisotopic (exact) mass is 144 g/mol. The van der Waals surface area contributed by atoms with Gasteiger partial charge in [0.2, 0.25) is 0 Å². The quantitative estimate of drug-likeness (QED) is 0.416. The summed E-state index contributed by atoms with van der Waals surface area (Å²) < 4.78 is 4.58. The van der Waals surface area contributed by atoms with Gasteiger partial charge in [-0.05, 0) is 6.92 Å². The van der Waals surface area contributed by atoms with Crippen molar-refractivity contribution in [2.45, 2.75) is 6.92 Å². The Morgan fingerprint density at radius 2 is 2.40 bits per heavy atom. The molecule has 0 fully saturated rings. The molecule has 4 nitrogen and oxygen atoms in total. The number of esters is 1. The molecule has 0 spiro atoms.